The number of aromatic amines is 1. The molecule has 3 N–H and O–H groups in total. The SMILES string of the molecule is CC(C)CC(CNC(=O)CCc1c[nH]c2ccccc12)C(=O)O. The molecule has 0 saturated carbocycles. The molecule has 23 heavy (non-hydrogen) atoms. The van der Waals surface area contributed by atoms with E-state index in [1.54, 1.807) is 0 Å². The second-order valence-corrected chi connectivity index (χ2v) is 6.33. The highest BCUT2D eigenvalue weighted by Gasteiger charge is 2.19. The van der Waals surface area contributed by atoms with Crippen LogP contribution in [0.3, 0.4) is 0 Å². The Morgan fingerprint density at radius 1 is 1.26 bits per heavy atom. The normalized spacial score (nSPS) is 12.5. The van der Waals surface area contributed by atoms with Gasteiger partial charge in [0.2, 0.25) is 5.91 Å². The highest BCUT2D eigenvalue weighted by molar-refractivity contribution is 5.84. The third-order valence-corrected chi connectivity index (χ3v) is 3.95. The zero-order valence-corrected chi connectivity index (χ0v) is 13.6. The molecular formula is C18H24N2O3. The standard InChI is InChI=1S/C18H24N2O3/c1-12(2)9-14(18(22)23)11-20-17(21)8-7-13-10-19-16-6-4-3-5-15(13)16/h3-6,10,12,14,19H,7-9,11H2,1-2H3,(H,20,21)(H,22,23). The lowest BCUT2D eigenvalue weighted by Gasteiger charge is -2.15. The summed E-state index contributed by atoms with van der Waals surface area (Å²) in [5.74, 6) is -1.19. The Kier molecular flexibility index (Phi) is 5.79. The molecule has 1 aromatic carbocycles. The molecule has 2 rings (SSSR count). The van der Waals surface area contributed by atoms with Crippen LogP contribution in [0, 0.1) is 11.8 Å². The van der Waals surface area contributed by atoms with Crippen molar-refractivity contribution in [2.45, 2.75) is 33.1 Å². The molecule has 0 fully saturated rings. The van der Waals surface area contributed by atoms with Gasteiger partial charge >= 0.3 is 5.97 Å². The largest absolute Gasteiger partial charge is 0.481 e. The molecule has 1 amide bonds. The Morgan fingerprint density at radius 2 is 2.00 bits per heavy atom. The lowest BCUT2D eigenvalue weighted by atomic mass is 9.97. The first-order valence-electron chi connectivity index (χ1n) is 8.02. The fourth-order valence-corrected chi connectivity index (χ4v) is 2.75. The highest BCUT2D eigenvalue weighted by Crippen LogP contribution is 2.19. The van der Waals surface area contributed by atoms with Crippen LogP contribution < -0.4 is 5.32 Å². The van der Waals surface area contributed by atoms with Crippen molar-refractivity contribution in [2.24, 2.45) is 11.8 Å². The zero-order chi connectivity index (χ0) is 16.8. The molecule has 0 spiro atoms. The summed E-state index contributed by atoms with van der Waals surface area (Å²) in [6.07, 6.45) is 3.49. The van der Waals surface area contributed by atoms with E-state index in [1.165, 1.54) is 0 Å². The van der Waals surface area contributed by atoms with E-state index in [0.29, 0.717) is 25.2 Å². The number of aryl methyl sites for hydroxylation is 1. The van der Waals surface area contributed by atoms with Gasteiger partial charge in [0, 0.05) is 30.1 Å². The lowest BCUT2D eigenvalue weighted by Crippen LogP contribution is -2.33. The summed E-state index contributed by atoms with van der Waals surface area (Å²) in [4.78, 5) is 26.3. The minimum absolute atomic E-state index is 0.106. The Hall–Kier alpha value is -2.30. The van der Waals surface area contributed by atoms with Gasteiger partial charge in [-0.1, -0.05) is 32.0 Å². The summed E-state index contributed by atoms with van der Waals surface area (Å²) < 4.78 is 0. The molecule has 0 radical (unpaired) electrons. The summed E-state index contributed by atoms with van der Waals surface area (Å²) in [5.41, 5.74) is 2.17. The van der Waals surface area contributed by atoms with Gasteiger partial charge in [0.25, 0.3) is 0 Å². The molecule has 0 saturated heterocycles. The van der Waals surface area contributed by atoms with Gasteiger partial charge in [-0.2, -0.15) is 0 Å². The van der Waals surface area contributed by atoms with E-state index in [2.05, 4.69) is 10.3 Å². The maximum Gasteiger partial charge on any atom is 0.308 e. The maximum absolute atomic E-state index is 12.0. The van der Waals surface area contributed by atoms with Crippen LogP contribution in [0.25, 0.3) is 10.9 Å². The summed E-state index contributed by atoms with van der Waals surface area (Å²) in [5, 5.41) is 13.1. The van der Waals surface area contributed by atoms with Gasteiger partial charge in [-0.05, 0) is 30.4 Å². The van der Waals surface area contributed by atoms with E-state index in [9.17, 15) is 14.7 Å². The van der Waals surface area contributed by atoms with Crippen molar-refractivity contribution in [1.82, 2.24) is 10.3 Å². The number of aromatic nitrogens is 1. The second-order valence-electron chi connectivity index (χ2n) is 6.33. The summed E-state index contributed by atoms with van der Waals surface area (Å²) >= 11 is 0. The smallest absolute Gasteiger partial charge is 0.308 e. The van der Waals surface area contributed by atoms with E-state index < -0.39 is 11.9 Å². The van der Waals surface area contributed by atoms with E-state index in [1.807, 2.05) is 44.3 Å². The average molecular weight is 316 g/mol. The number of carbonyl (C=O) groups excluding carboxylic acids is 1. The van der Waals surface area contributed by atoms with Crippen molar-refractivity contribution >= 4 is 22.8 Å². The molecule has 0 aliphatic rings. The first kappa shape index (κ1) is 17.1. The van der Waals surface area contributed by atoms with Crippen molar-refractivity contribution in [2.75, 3.05) is 6.54 Å². The number of rotatable bonds is 8. The number of para-hydroxylation sites is 1. The van der Waals surface area contributed by atoms with Gasteiger partial charge in [-0.25, -0.2) is 0 Å². The van der Waals surface area contributed by atoms with Crippen molar-refractivity contribution in [3.05, 3.63) is 36.0 Å². The van der Waals surface area contributed by atoms with Crippen LogP contribution in [-0.2, 0) is 16.0 Å². The van der Waals surface area contributed by atoms with Crippen LogP contribution in [0.4, 0.5) is 0 Å². The first-order valence-corrected chi connectivity index (χ1v) is 8.02. The fourth-order valence-electron chi connectivity index (χ4n) is 2.75. The number of carbonyl (C=O) groups is 2. The highest BCUT2D eigenvalue weighted by atomic mass is 16.4. The Bertz CT molecular complexity index is 676. The number of nitrogens with one attached hydrogen (secondary N) is 2. The predicted molar refractivity (Wildman–Crippen MR) is 90.2 cm³/mol. The molecule has 0 aliphatic heterocycles. The van der Waals surface area contributed by atoms with Gasteiger partial charge in [0.05, 0.1) is 5.92 Å². The van der Waals surface area contributed by atoms with Crippen molar-refractivity contribution < 1.29 is 14.7 Å². The maximum atomic E-state index is 12.0. The van der Waals surface area contributed by atoms with E-state index in [4.69, 9.17) is 0 Å². The van der Waals surface area contributed by atoms with Crippen LogP contribution in [0.15, 0.2) is 30.5 Å². The summed E-state index contributed by atoms with van der Waals surface area (Å²) in [6, 6.07) is 7.98. The quantitative estimate of drug-likeness (QED) is 0.700. The molecule has 0 bridgehead atoms. The van der Waals surface area contributed by atoms with Crippen LogP contribution in [0.2, 0.25) is 0 Å². The molecule has 1 heterocycles. The second kappa shape index (κ2) is 7.81. The average Bonchev–Trinajstić information content (AvgIpc) is 2.92. The van der Waals surface area contributed by atoms with Gasteiger partial charge in [0.1, 0.15) is 0 Å². The molecule has 5 nitrogen and oxygen atoms in total. The molecule has 0 aliphatic carbocycles. The zero-order valence-electron chi connectivity index (χ0n) is 13.6. The Balaban J connectivity index is 1.84. The van der Waals surface area contributed by atoms with Gasteiger partial charge in [-0.15, -0.1) is 0 Å². The minimum Gasteiger partial charge on any atom is -0.481 e. The third kappa shape index (κ3) is 4.84. The lowest BCUT2D eigenvalue weighted by molar-refractivity contribution is -0.142. The van der Waals surface area contributed by atoms with Crippen LogP contribution in [0.1, 0.15) is 32.3 Å². The molecule has 124 valence electrons. The van der Waals surface area contributed by atoms with Crippen molar-refractivity contribution in [3.63, 3.8) is 0 Å². The number of fused-ring (bicyclic) bond motifs is 1. The predicted octanol–water partition coefficient (Wildman–Crippen LogP) is 2.96. The number of hydrogen-bond acceptors (Lipinski definition) is 2. The fraction of sp³-hybridized carbons (Fsp3) is 0.444. The number of carboxylic acid groups (broad SMARTS) is 1. The number of aliphatic carboxylic acids is 1. The van der Waals surface area contributed by atoms with Crippen LogP contribution in [-0.4, -0.2) is 28.5 Å². The summed E-state index contributed by atoms with van der Waals surface area (Å²) in [7, 11) is 0. The topological polar surface area (TPSA) is 82.2 Å². The minimum atomic E-state index is -0.851. The molecule has 1 atom stereocenters. The first-order chi connectivity index (χ1) is 11.0. The molecule has 1 unspecified atom stereocenters. The third-order valence-electron chi connectivity index (χ3n) is 3.95. The summed E-state index contributed by atoms with van der Waals surface area (Å²) in [6.45, 7) is 4.16. The number of benzene rings is 1. The van der Waals surface area contributed by atoms with E-state index in [0.717, 1.165) is 16.5 Å². The number of amides is 1. The Labute approximate surface area is 136 Å². The molecular weight excluding hydrogens is 292 g/mol. The van der Waals surface area contributed by atoms with Crippen molar-refractivity contribution in [1.29, 1.82) is 0 Å². The number of H-pyrrole nitrogens is 1. The molecule has 1 aromatic heterocycles. The van der Waals surface area contributed by atoms with Gasteiger partial charge in [-0.3, -0.25) is 9.59 Å². The van der Waals surface area contributed by atoms with Crippen LogP contribution >= 0.6 is 0 Å². The van der Waals surface area contributed by atoms with Crippen LogP contribution in [0.5, 0.6) is 0 Å². The number of hydrogen-bond donors (Lipinski definition) is 3. The van der Waals surface area contributed by atoms with Gasteiger partial charge < -0.3 is 15.4 Å². The van der Waals surface area contributed by atoms with E-state index >= 15 is 0 Å². The Morgan fingerprint density at radius 3 is 2.70 bits per heavy atom. The van der Waals surface area contributed by atoms with Crippen molar-refractivity contribution in [3.8, 4) is 0 Å². The molecule has 2 aromatic rings. The van der Waals surface area contributed by atoms with Gasteiger partial charge in [0.15, 0.2) is 0 Å². The monoisotopic (exact) mass is 316 g/mol. The van der Waals surface area contributed by atoms with E-state index in [-0.39, 0.29) is 12.5 Å². The molecule has 5 heteroatoms. The number of carboxylic acids is 1.